The van der Waals surface area contributed by atoms with Crippen LogP contribution < -0.4 is 5.32 Å². The molecule has 1 saturated carbocycles. The summed E-state index contributed by atoms with van der Waals surface area (Å²) in [6, 6.07) is 4.18. The van der Waals surface area contributed by atoms with Gasteiger partial charge in [-0.25, -0.2) is 4.39 Å². The summed E-state index contributed by atoms with van der Waals surface area (Å²) in [4.78, 5) is 0. The normalized spacial score (nSPS) is 16.6. The summed E-state index contributed by atoms with van der Waals surface area (Å²) in [5, 5.41) is 3.78. The molecule has 0 amide bonds. The minimum Gasteiger partial charge on any atom is -0.314 e. The molecule has 0 radical (unpaired) electrons. The van der Waals surface area contributed by atoms with Crippen molar-refractivity contribution in [3.05, 3.63) is 33.0 Å². The molecular formula is C15H20BrClFN. The van der Waals surface area contributed by atoms with Gasteiger partial charge in [0.05, 0.1) is 5.02 Å². The van der Waals surface area contributed by atoms with Crippen LogP contribution in [-0.2, 0) is 6.42 Å². The number of rotatable bonds is 7. The van der Waals surface area contributed by atoms with Gasteiger partial charge in [0.25, 0.3) is 0 Å². The van der Waals surface area contributed by atoms with E-state index in [1.165, 1.54) is 12.8 Å². The highest BCUT2D eigenvalue weighted by Gasteiger charge is 2.30. The summed E-state index contributed by atoms with van der Waals surface area (Å²) in [5.41, 5.74) is 0.720. The van der Waals surface area contributed by atoms with Crippen LogP contribution >= 0.6 is 27.5 Å². The van der Waals surface area contributed by atoms with Gasteiger partial charge in [0.15, 0.2) is 0 Å². The summed E-state index contributed by atoms with van der Waals surface area (Å²) < 4.78 is 14.6. The molecule has 2 rings (SSSR count). The Morgan fingerprint density at radius 2 is 2.21 bits per heavy atom. The average molecular weight is 349 g/mol. The van der Waals surface area contributed by atoms with Gasteiger partial charge >= 0.3 is 0 Å². The second kappa shape index (κ2) is 7.05. The predicted molar refractivity (Wildman–Crippen MR) is 82.2 cm³/mol. The van der Waals surface area contributed by atoms with Crippen molar-refractivity contribution in [1.82, 2.24) is 5.32 Å². The van der Waals surface area contributed by atoms with E-state index in [0.29, 0.717) is 10.5 Å². The lowest BCUT2D eigenvalue weighted by molar-refractivity contribution is 0.432. The molecule has 1 unspecified atom stereocenters. The molecule has 1 atom stereocenters. The molecule has 1 nitrogen and oxygen atoms in total. The SMILES string of the molecule is CCCNC(CCc1ccc(Br)c(Cl)c1F)C1CC1. The summed E-state index contributed by atoms with van der Waals surface area (Å²) in [7, 11) is 0. The molecule has 1 aromatic rings. The highest BCUT2D eigenvalue weighted by molar-refractivity contribution is 9.10. The molecule has 0 aromatic heterocycles. The Bertz CT molecular complexity index is 434. The molecule has 0 saturated heterocycles. The second-order valence-electron chi connectivity index (χ2n) is 5.27. The van der Waals surface area contributed by atoms with E-state index in [1.54, 1.807) is 0 Å². The first kappa shape index (κ1) is 15.3. The highest BCUT2D eigenvalue weighted by atomic mass is 79.9. The largest absolute Gasteiger partial charge is 0.314 e. The monoisotopic (exact) mass is 347 g/mol. The summed E-state index contributed by atoms with van der Waals surface area (Å²) in [5.74, 6) is 0.515. The van der Waals surface area contributed by atoms with Crippen molar-refractivity contribution in [2.24, 2.45) is 5.92 Å². The summed E-state index contributed by atoms with van der Waals surface area (Å²) in [6.45, 7) is 3.22. The molecule has 1 aliphatic rings. The molecule has 1 N–H and O–H groups in total. The first-order valence-electron chi connectivity index (χ1n) is 6.99. The molecule has 1 aliphatic carbocycles. The third-order valence-corrected chi connectivity index (χ3v) is 4.95. The predicted octanol–water partition coefficient (Wildman–Crippen LogP) is 4.95. The van der Waals surface area contributed by atoms with Gasteiger partial charge in [0, 0.05) is 10.5 Å². The molecule has 0 heterocycles. The second-order valence-corrected chi connectivity index (χ2v) is 6.50. The summed E-state index contributed by atoms with van der Waals surface area (Å²) >= 11 is 9.16. The zero-order chi connectivity index (χ0) is 13.8. The van der Waals surface area contributed by atoms with Gasteiger partial charge in [0.1, 0.15) is 5.82 Å². The third-order valence-electron chi connectivity index (χ3n) is 3.69. The van der Waals surface area contributed by atoms with E-state index in [-0.39, 0.29) is 10.8 Å². The fourth-order valence-electron chi connectivity index (χ4n) is 2.40. The molecule has 0 spiro atoms. The van der Waals surface area contributed by atoms with Crippen LogP contribution in [0.3, 0.4) is 0 Å². The smallest absolute Gasteiger partial charge is 0.146 e. The topological polar surface area (TPSA) is 12.0 Å². The molecule has 19 heavy (non-hydrogen) atoms. The molecule has 4 heteroatoms. The van der Waals surface area contributed by atoms with E-state index in [2.05, 4.69) is 28.2 Å². The lowest BCUT2D eigenvalue weighted by Crippen LogP contribution is -2.32. The van der Waals surface area contributed by atoms with E-state index in [0.717, 1.165) is 37.3 Å². The lowest BCUT2D eigenvalue weighted by Gasteiger charge is -2.18. The van der Waals surface area contributed by atoms with Crippen LogP contribution in [0.2, 0.25) is 5.02 Å². The van der Waals surface area contributed by atoms with Crippen molar-refractivity contribution in [2.45, 2.75) is 45.1 Å². The Morgan fingerprint density at radius 3 is 2.84 bits per heavy atom. The Kier molecular flexibility index (Phi) is 5.67. The van der Waals surface area contributed by atoms with Crippen molar-refractivity contribution >= 4 is 27.5 Å². The van der Waals surface area contributed by atoms with E-state index < -0.39 is 0 Å². The van der Waals surface area contributed by atoms with Crippen LogP contribution in [-0.4, -0.2) is 12.6 Å². The Balaban J connectivity index is 1.95. The molecule has 0 bridgehead atoms. The first-order chi connectivity index (χ1) is 9.13. The van der Waals surface area contributed by atoms with Crippen LogP contribution in [0.25, 0.3) is 0 Å². The number of aryl methyl sites for hydroxylation is 1. The highest BCUT2D eigenvalue weighted by Crippen LogP contribution is 2.35. The molecule has 106 valence electrons. The fourth-order valence-corrected chi connectivity index (χ4v) is 2.89. The Hall–Kier alpha value is -0.120. The van der Waals surface area contributed by atoms with Crippen molar-refractivity contribution in [3.8, 4) is 0 Å². The third kappa shape index (κ3) is 4.17. The lowest BCUT2D eigenvalue weighted by atomic mass is 10.0. The van der Waals surface area contributed by atoms with Crippen LogP contribution in [0.4, 0.5) is 4.39 Å². The van der Waals surface area contributed by atoms with Crippen molar-refractivity contribution in [1.29, 1.82) is 0 Å². The molecule has 1 aromatic carbocycles. The van der Waals surface area contributed by atoms with E-state index in [9.17, 15) is 4.39 Å². The molecular weight excluding hydrogens is 329 g/mol. The standard InChI is InChI=1S/C15H20BrClFN/c1-2-9-19-13(10-3-4-10)8-6-11-5-7-12(16)14(17)15(11)18/h5,7,10,13,19H,2-4,6,8-9H2,1H3. The van der Waals surface area contributed by atoms with Crippen LogP contribution in [0.5, 0.6) is 0 Å². The van der Waals surface area contributed by atoms with Gasteiger partial charge in [-0.15, -0.1) is 0 Å². The van der Waals surface area contributed by atoms with Crippen LogP contribution in [0.1, 0.15) is 38.2 Å². The van der Waals surface area contributed by atoms with Crippen LogP contribution in [0.15, 0.2) is 16.6 Å². The van der Waals surface area contributed by atoms with Gasteiger partial charge in [-0.3, -0.25) is 0 Å². The van der Waals surface area contributed by atoms with Gasteiger partial charge in [-0.2, -0.15) is 0 Å². The maximum Gasteiger partial charge on any atom is 0.146 e. The van der Waals surface area contributed by atoms with E-state index in [4.69, 9.17) is 11.6 Å². The quantitative estimate of drug-likeness (QED) is 0.687. The molecule has 0 aliphatic heterocycles. The fraction of sp³-hybridized carbons (Fsp3) is 0.600. The van der Waals surface area contributed by atoms with Gasteiger partial charge in [-0.05, 0) is 72.1 Å². The van der Waals surface area contributed by atoms with Gasteiger partial charge in [-0.1, -0.05) is 24.6 Å². The van der Waals surface area contributed by atoms with Crippen molar-refractivity contribution in [2.75, 3.05) is 6.54 Å². The van der Waals surface area contributed by atoms with Gasteiger partial charge < -0.3 is 5.32 Å². The molecule has 1 fully saturated rings. The van der Waals surface area contributed by atoms with Crippen molar-refractivity contribution in [3.63, 3.8) is 0 Å². The minimum absolute atomic E-state index is 0.196. The average Bonchev–Trinajstić information content (AvgIpc) is 3.23. The zero-order valence-electron chi connectivity index (χ0n) is 11.2. The van der Waals surface area contributed by atoms with E-state index in [1.807, 2.05) is 12.1 Å². The number of nitrogens with one attached hydrogen (secondary N) is 1. The maximum atomic E-state index is 14.0. The number of benzene rings is 1. The summed E-state index contributed by atoms with van der Waals surface area (Å²) in [6.07, 6.45) is 5.49. The number of halogens is 3. The van der Waals surface area contributed by atoms with Crippen molar-refractivity contribution < 1.29 is 4.39 Å². The van der Waals surface area contributed by atoms with Gasteiger partial charge in [0.2, 0.25) is 0 Å². The zero-order valence-corrected chi connectivity index (χ0v) is 13.5. The first-order valence-corrected chi connectivity index (χ1v) is 8.16. The van der Waals surface area contributed by atoms with E-state index >= 15 is 0 Å². The number of hydrogen-bond donors (Lipinski definition) is 1. The maximum absolute atomic E-state index is 14.0. The Labute approximate surface area is 128 Å². The van der Waals surface area contributed by atoms with Crippen LogP contribution in [0, 0.1) is 11.7 Å². The Morgan fingerprint density at radius 1 is 1.47 bits per heavy atom. The minimum atomic E-state index is -0.277. The number of hydrogen-bond acceptors (Lipinski definition) is 1.